The van der Waals surface area contributed by atoms with Gasteiger partial charge in [-0.05, 0) is 24.1 Å². The molecule has 0 saturated carbocycles. The Morgan fingerprint density at radius 2 is 1.94 bits per heavy atom. The average molecular weight is 255 g/mol. The van der Waals surface area contributed by atoms with Gasteiger partial charge in [-0.1, -0.05) is 25.5 Å². The predicted molar refractivity (Wildman–Crippen MR) is 72.6 cm³/mol. The first-order valence-electron chi connectivity index (χ1n) is 6.03. The van der Waals surface area contributed by atoms with Crippen molar-refractivity contribution in [3.8, 4) is 5.75 Å². The van der Waals surface area contributed by atoms with E-state index in [4.69, 9.17) is 10.5 Å². The number of hydrogen-bond acceptors (Lipinski definition) is 3. The highest BCUT2D eigenvalue weighted by molar-refractivity contribution is 7.84. The van der Waals surface area contributed by atoms with E-state index in [9.17, 15) is 4.21 Å². The molecule has 1 aromatic rings. The Bertz CT molecular complexity index is 338. The fourth-order valence-corrected chi connectivity index (χ4v) is 2.47. The van der Waals surface area contributed by atoms with E-state index >= 15 is 0 Å². The van der Waals surface area contributed by atoms with Gasteiger partial charge in [0.05, 0.1) is 12.4 Å². The quantitative estimate of drug-likeness (QED) is 0.773. The summed E-state index contributed by atoms with van der Waals surface area (Å²) in [5, 5.41) is 0. The van der Waals surface area contributed by atoms with Crippen molar-refractivity contribution in [2.45, 2.75) is 26.3 Å². The third-order valence-corrected chi connectivity index (χ3v) is 3.83. The van der Waals surface area contributed by atoms with Crippen LogP contribution in [0.2, 0.25) is 0 Å². The molecule has 96 valence electrons. The first-order chi connectivity index (χ1) is 8.26. The van der Waals surface area contributed by atoms with Crippen LogP contribution in [-0.4, -0.2) is 22.3 Å². The molecule has 0 aliphatic heterocycles. The molecular weight excluding hydrogens is 234 g/mol. The maximum absolute atomic E-state index is 11.5. The summed E-state index contributed by atoms with van der Waals surface area (Å²) in [6.45, 7) is 3.16. The van der Waals surface area contributed by atoms with Gasteiger partial charge in [-0.3, -0.25) is 4.21 Å². The number of ether oxygens (including phenoxy) is 1. The van der Waals surface area contributed by atoms with Crippen molar-refractivity contribution in [3.05, 3.63) is 29.8 Å². The number of nitrogens with two attached hydrogens (primary N) is 1. The Morgan fingerprint density at radius 1 is 1.24 bits per heavy atom. The van der Waals surface area contributed by atoms with Gasteiger partial charge in [0.15, 0.2) is 0 Å². The Kier molecular flexibility index (Phi) is 6.89. The van der Waals surface area contributed by atoms with E-state index in [-0.39, 0.29) is 0 Å². The molecule has 0 bridgehead atoms. The maximum atomic E-state index is 11.5. The van der Waals surface area contributed by atoms with Crippen LogP contribution in [0, 0.1) is 0 Å². The van der Waals surface area contributed by atoms with Crippen LogP contribution in [-0.2, 0) is 17.3 Å². The van der Waals surface area contributed by atoms with Gasteiger partial charge in [0.25, 0.3) is 0 Å². The molecule has 0 aliphatic carbocycles. The summed E-state index contributed by atoms with van der Waals surface area (Å²) in [7, 11) is -0.745. The van der Waals surface area contributed by atoms with Gasteiger partial charge in [0, 0.05) is 23.1 Å². The molecule has 1 rings (SSSR count). The second-order valence-electron chi connectivity index (χ2n) is 3.90. The molecule has 0 heterocycles. The molecule has 0 radical (unpaired) electrons. The molecule has 0 spiro atoms. The van der Waals surface area contributed by atoms with Gasteiger partial charge in [-0.2, -0.15) is 0 Å². The van der Waals surface area contributed by atoms with E-state index in [1.807, 2.05) is 24.3 Å². The SMILES string of the molecule is CCCCS(=O)CCOc1ccc(CN)cc1. The van der Waals surface area contributed by atoms with E-state index < -0.39 is 10.8 Å². The second kappa shape index (κ2) is 8.25. The topological polar surface area (TPSA) is 52.3 Å². The van der Waals surface area contributed by atoms with Crippen LogP contribution < -0.4 is 10.5 Å². The highest BCUT2D eigenvalue weighted by Gasteiger charge is 2.00. The van der Waals surface area contributed by atoms with Crippen molar-refractivity contribution < 1.29 is 8.95 Å². The molecule has 0 amide bonds. The van der Waals surface area contributed by atoms with Crippen molar-refractivity contribution in [2.75, 3.05) is 18.1 Å². The fourth-order valence-electron chi connectivity index (χ4n) is 1.38. The summed E-state index contributed by atoms with van der Waals surface area (Å²) in [6.07, 6.45) is 2.12. The summed E-state index contributed by atoms with van der Waals surface area (Å²) in [5.41, 5.74) is 6.59. The molecule has 17 heavy (non-hydrogen) atoms. The Hall–Kier alpha value is -0.870. The zero-order chi connectivity index (χ0) is 12.5. The number of benzene rings is 1. The largest absolute Gasteiger partial charge is 0.493 e. The second-order valence-corrected chi connectivity index (χ2v) is 5.59. The van der Waals surface area contributed by atoms with E-state index in [1.54, 1.807) is 0 Å². The Morgan fingerprint density at radius 3 is 2.53 bits per heavy atom. The van der Waals surface area contributed by atoms with Gasteiger partial charge < -0.3 is 10.5 Å². The van der Waals surface area contributed by atoms with Crippen LogP contribution in [0.5, 0.6) is 5.75 Å². The third kappa shape index (κ3) is 5.84. The van der Waals surface area contributed by atoms with Crippen molar-refractivity contribution in [1.29, 1.82) is 0 Å². The minimum atomic E-state index is -0.745. The van der Waals surface area contributed by atoms with Gasteiger partial charge in [-0.15, -0.1) is 0 Å². The lowest BCUT2D eigenvalue weighted by Gasteiger charge is -2.06. The monoisotopic (exact) mass is 255 g/mol. The first kappa shape index (κ1) is 14.2. The Labute approximate surface area is 106 Å². The van der Waals surface area contributed by atoms with Crippen molar-refractivity contribution in [3.63, 3.8) is 0 Å². The molecule has 1 unspecified atom stereocenters. The molecule has 0 aliphatic rings. The molecular formula is C13H21NO2S. The van der Waals surface area contributed by atoms with Crippen LogP contribution in [0.3, 0.4) is 0 Å². The maximum Gasteiger partial charge on any atom is 0.119 e. The summed E-state index contributed by atoms with van der Waals surface area (Å²) in [6, 6.07) is 7.70. The normalized spacial score (nSPS) is 12.4. The minimum absolute atomic E-state index is 0.512. The summed E-state index contributed by atoms with van der Waals surface area (Å²) >= 11 is 0. The van der Waals surface area contributed by atoms with Gasteiger partial charge >= 0.3 is 0 Å². The molecule has 0 aromatic heterocycles. The summed E-state index contributed by atoms with van der Waals surface area (Å²) in [4.78, 5) is 0. The van der Waals surface area contributed by atoms with E-state index in [0.717, 1.165) is 29.9 Å². The first-order valence-corrected chi connectivity index (χ1v) is 7.52. The minimum Gasteiger partial charge on any atom is -0.493 e. The van der Waals surface area contributed by atoms with Crippen LogP contribution in [0.1, 0.15) is 25.3 Å². The fraction of sp³-hybridized carbons (Fsp3) is 0.538. The molecule has 2 N–H and O–H groups in total. The van der Waals surface area contributed by atoms with Gasteiger partial charge in [0.2, 0.25) is 0 Å². The van der Waals surface area contributed by atoms with Crippen LogP contribution in [0.15, 0.2) is 24.3 Å². The molecule has 1 aromatic carbocycles. The van der Waals surface area contributed by atoms with Crippen molar-refractivity contribution >= 4 is 10.8 Å². The Balaban J connectivity index is 2.23. The molecule has 4 heteroatoms. The standard InChI is InChI=1S/C13H21NO2S/c1-2-3-9-17(15)10-8-16-13-6-4-12(11-14)5-7-13/h4-7H,2-3,8-11,14H2,1H3. The number of hydrogen-bond donors (Lipinski definition) is 1. The molecule has 3 nitrogen and oxygen atoms in total. The van der Waals surface area contributed by atoms with Gasteiger partial charge in [-0.25, -0.2) is 0 Å². The smallest absolute Gasteiger partial charge is 0.119 e. The highest BCUT2D eigenvalue weighted by Crippen LogP contribution is 2.11. The predicted octanol–water partition coefficient (Wildman–Crippen LogP) is 2.07. The summed E-state index contributed by atoms with van der Waals surface area (Å²) < 4.78 is 17.0. The van der Waals surface area contributed by atoms with Crippen LogP contribution in [0.4, 0.5) is 0 Å². The van der Waals surface area contributed by atoms with E-state index in [1.165, 1.54) is 0 Å². The van der Waals surface area contributed by atoms with Crippen molar-refractivity contribution in [1.82, 2.24) is 0 Å². The average Bonchev–Trinajstić information content (AvgIpc) is 2.37. The third-order valence-electron chi connectivity index (χ3n) is 2.46. The lowest BCUT2D eigenvalue weighted by Crippen LogP contribution is -2.11. The molecule has 0 fully saturated rings. The number of rotatable bonds is 8. The molecule has 1 atom stereocenters. The van der Waals surface area contributed by atoms with Gasteiger partial charge in [0.1, 0.15) is 5.75 Å². The van der Waals surface area contributed by atoms with Crippen LogP contribution >= 0.6 is 0 Å². The highest BCUT2D eigenvalue weighted by atomic mass is 32.2. The zero-order valence-corrected chi connectivity index (χ0v) is 11.2. The lowest BCUT2D eigenvalue weighted by atomic mass is 10.2. The lowest BCUT2D eigenvalue weighted by molar-refractivity contribution is 0.342. The van der Waals surface area contributed by atoms with E-state index in [0.29, 0.717) is 18.9 Å². The molecule has 0 saturated heterocycles. The summed E-state index contributed by atoms with van der Waals surface area (Å²) in [5.74, 6) is 2.21. The van der Waals surface area contributed by atoms with Crippen molar-refractivity contribution in [2.24, 2.45) is 5.73 Å². The zero-order valence-electron chi connectivity index (χ0n) is 10.4. The van der Waals surface area contributed by atoms with Crippen LogP contribution in [0.25, 0.3) is 0 Å². The van der Waals surface area contributed by atoms with E-state index in [2.05, 4.69) is 6.92 Å². The number of unbranched alkanes of at least 4 members (excludes halogenated alkanes) is 1.